The maximum Gasteiger partial charge on any atom is 0.360 e. The van der Waals surface area contributed by atoms with Crippen molar-refractivity contribution >= 4 is 29.3 Å². The van der Waals surface area contributed by atoms with E-state index in [0.29, 0.717) is 5.75 Å². The van der Waals surface area contributed by atoms with Crippen LogP contribution in [0.1, 0.15) is 23.8 Å². The molecule has 0 fully saturated rings. The van der Waals surface area contributed by atoms with Gasteiger partial charge < -0.3 is 10.1 Å². The average Bonchev–Trinajstić information content (AvgIpc) is 2.75. The zero-order valence-electron chi connectivity index (χ0n) is 16.7. The van der Waals surface area contributed by atoms with Crippen molar-refractivity contribution in [1.82, 2.24) is 9.78 Å². The molecule has 3 aromatic rings. The first-order chi connectivity index (χ1) is 15.0. The van der Waals surface area contributed by atoms with Gasteiger partial charge in [-0.25, -0.2) is 9.18 Å². The molecule has 3 rings (SSSR count). The highest BCUT2D eigenvalue weighted by Gasteiger charge is 2.20. The lowest BCUT2D eigenvalue weighted by Crippen LogP contribution is -2.27. The maximum absolute atomic E-state index is 13.2. The summed E-state index contributed by atoms with van der Waals surface area (Å²) in [5.41, 5.74) is -0.561. The van der Waals surface area contributed by atoms with Crippen LogP contribution in [0.25, 0.3) is 5.69 Å². The summed E-state index contributed by atoms with van der Waals surface area (Å²) >= 11 is 1.52. The van der Waals surface area contributed by atoms with Gasteiger partial charge in [0.1, 0.15) is 5.82 Å². The summed E-state index contributed by atoms with van der Waals surface area (Å²) in [4.78, 5) is 38.3. The maximum atomic E-state index is 13.2. The van der Waals surface area contributed by atoms with E-state index in [1.165, 1.54) is 36.0 Å². The summed E-state index contributed by atoms with van der Waals surface area (Å²) < 4.78 is 19.2. The number of thioether (sulfide) groups is 1. The van der Waals surface area contributed by atoms with Gasteiger partial charge >= 0.3 is 5.97 Å². The number of nitrogens with zero attached hydrogens (tertiary/aromatic N) is 2. The summed E-state index contributed by atoms with van der Waals surface area (Å²) in [5, 5.41) is 6.63. The molecule has 1 aromatic heterocycles. The summed E-state index contributed by atoms with van der Waals surface area (Å²) in [6, 6.07) is 15.8. The molecule has 9 heteroatoms. The summed E-state index contributed by atoms with van der Waals surface area (Å²) in [6.07, 6.45) is 0.170. The molecular weight excluding hydrogens is 421 g/mol. The number of benzene rings is 2. The van der Waals surface area contributed by atoms with Crippen molar-refractivity contribution in [3.8, 4) is 5.69 Å². The summed E-state index contributed by atoms with van der Waals surface area (Å²) in [5.74, 6) is -1.10. The zero-order chi connectivity index (χ0) is 22.2. The third kappa shape index (κ3) is 6.02. The second-order valence-electron chi connectivity index (χ2n) is 6.31. The molecule has 0 radical (unpaired) electrons. The standard InChI is InChI=1S/C22H20FN3O4S/c1-2-30-22(29)21-18(24-19(27)12-13-31-17-6-4-3-5-7-17)14-20(28)26(25-21)16-10-8-15(23)9-11-16/h3-11,14H,2,12-13H2,1H3,(H,24,27). The van der Waals surface area contributed by atoms with Crippen LogP contribution in [-0.4, -0.2) is 34.0 Å². The largest absolute Gasteiger partial charge is 0.461 e. The Labute approximate surface area is 182 Å². The normalized spacial score (nSPS) is 10.5. The Bertz CT molecular complexity index is 1120. The number of halogens is 1. The average molecular weight is 441 g/mol. The van der Waals surface area contributed by atoms with Gasteiger partial charge in [-0.1, -0.05) is 18.2 Å². The fourth-order valence-electron chi connectivity index (χ4n) is 2.66. The summed E-state index contributed by atoms with van der Waals surface area (Å²) in [7, 11) is 0. The van der Waals surface area contributed by atoms with Crippen molar-refractivity contribution in [2.75, 3.05) is 17.7 Å². The summed E-state index contributed by atoms with van der Waals surface area (Å²) in [6.45, 7) is 1.73. The highest BCUT2D eigenvalue weighted by molar-refractivity contribution is 7.99. The van der Waals surface area contributed by atoms with E-state index in [0.717, 1.165) is 15.6 Å². The van der Waals surface area contributed by atoms with Gasteiger partial charge in [0.2, 0.25) is 5.91 Å². The van der Waals surface area contributed by atoms with E-state index >= 15 is 0 Å². The monoisotopic (exact) mass is 441 g/mol. The molecule has 0 atom stereocenters. The second kappa shape index (κ2) is 10.5. The number of hydrogen-bond donors (Lipinski definition) is 1. The molecular formula is C22H20FN3O4S. The molecule has 1 heterocycles. The number of hydrogen-bond acceptors (Lipinski definition) is 6. The van der Waals surface area contributed by atoms with Crippen LogP contribution in [0, 0.1) is 5.82 Å². The smallest absolute Gasteiger partial charge is 0.360 e. The van der Waals surface area contributed by atoms with E-state index in [-0.39, 0.29) is 36.0 Å². The van der Waals surface area contributed by atoms with Gasteiger partial charge in [0.25, 0.3) is 5.56 Å². The van der Waals surface area contributed by atoms with Crippen LogP contribution in [0.2, 0.25) is 0 Å². The fraction of sp³-hybridized carbons (Fsp3) is 0.182. The quantitative estimate of drug-likeness (QED) is 0.424. The van der Waals surface area contributed by atoms with Crippen LogP contribution in [0.3, 0.4) is 0 Å². The van der Waals surface area contributed by atoms with Gasteiger partial charge in [-0.05, 0) is 43.3 Å². The van der Waals surface area contributed by atoms with Gasteiger partial charge in [-0.2, -0.15) is 9.78 Å². The molecule has 31 heavy (non-hydrogen) atoms. The number of ether oxygens (including phenoxy) is 1. The van der Waals surface area contributed by atoms with Gasteiger partial charge in [0.15, 0.2) is 5.69 Å². The molecule has 0 aliphatic carbocycles. The Morgan fingerprint density at radius 2 is 1.84 bits per heavy atom. The van der Waals surface area contributed by atoms with E-state index in [1.807, 2.05) is 30.3 Å². The number of aromatic nitrogens is 2. The number of carbonyl (C=O) groups is 2. The van der Waals surface area contributed by atoms with Crippen molar-refractivity contribution in [3.05, 3.63) is 82.5 Å². The lowest BCUT2D eigenvalue weighted by molar-refractivity contribution is -0.115. The number of amides is 1. The van der Waals surface area contributed by atoms with Crippen LogP contribution < -0.4 is 10.9 Å². The molecule has 160 valence electrons. The Kier molecular flexibility index (Phi) is 7.55. The molecule has 0 aliphatic rings. The van der Waals surface area contributed by atoms with Crippen LogP contribution in [0.5, 0.6) is 0 Å². The molecule has 1 amide bonds. The molecule has 1 N–H and O–H groups in total. The molecule has 0 unspecified atom stereocenters. The van der Waals surface area contributed by atoms with Gasteiger partial charge in [-0.3, -0.25) is 9.59 Å². The second-order valence-corrected chi connectivity index (χ2v) is 7.48. The highest BCUT2D eigenvalue weighted by atomic mass is 32.2. The van der Waals surface area contributed by atoms with Gasteiger partial charge in [0, 0.05) is 23.1 Å². The Morgan fingerprint density at radius 1 is 1.13 bits per heavy atom. The SMILES string of the molecule is CCOC(=O)c1nn(-c2ccc(F)cc2)c(=O)cc1NC(=O)CCSc1ccccc1. The topological polar surface area (TPSA) is 90.3 Å². The first-order valence-corrected chi connectivity index (χ1v) is 10.5. The first kappa shape index (κ1) is 22.2. The molecule has 0 saturated heterocycles. The van der Waals surface area contributed by atoms with Crippen molar-refractivity contribution in [2.24, 2.45) is 0 Å². The highest BCUT2D eigenvalue weighted by Crippen LogP contribution is 2.19. The molecule has 0 saturated carbocycles. The molecule has 2 aromatic carbocycles. The van der Waals surface area contributed by atoms with E-state index in [1.54, 1.807) is 6.92 Å². The van der Waals surface area contributed by atoms with E-state index in [4.69, 9.17) is 4.74 Å². The first-order valence-electron chi connectivity index (χ1n) is 9.53. The van der Waals surface area contributed by atoms with Crippen LogP contribution in [-0.2, 0) is 9.53 Å². The van der Waals surface area contributed by atoms with Crippen molar-refractivity contribution < 1.29 is 18.7 Å². The van der Waals surface area contributed by atoms with Crippen molar-refractivity contribution in [1.29, 1.82) is 0 Å². The minimum absolute atomic E-state index is 0.0310. The predicted molar refractivity (Wildman–Crippen MR) is 116 cm³/mol. The van der Waals surface area contributed by atoms with E-state index < -0.39 is 17.3 Å². The lowest BCUT2D eigenvalue weighted by atomic mass is 10.2. The van der Waals surface area contributed by atoms with Crippen LogP contribution >= 0.6 is 11.8 Å². The Hall–Kier alpha value is -3.46. The van der Waals surface area contributed by atoms with E-state index in [2.05, 4.69) is 10.4 Å². The molecule has 0 spiro atoms. The van der Waals surface area contributed by atoms with Crippen LogP contribution in [0.4, 0.5) is 10.1 Å². The van der Waals surface area contributed by atoms with Crippen LogP contribution in [0.15, 0.2) is 70.4 Å². The van der Waals surface area contributed by atoms with Gasteiger partial charge in [-0.15, -0.1) is 11.8 Å². The van der Waals surface area contributed by atoms with E-state index in [9.17, 15) is 18.8 Å². The number of nitrogens with one attached hydrogen (secondary N) is 1. The third-order valence-electron chi connectivity index (χ3n) is 4.09. The van der Waals surface area contributed by atoms with Crippen molar-refractivity contribution in [2.45, 2.75) is 18.2 Å². The number of carbonyl (C=O) groups excluding carboxylic acids is 2. The molecule has 0 aliphatic heterocycles. The minimum atomic E-state index is -0.785. The zero-order valence-corrected chi connectivity index (χ0v) is 17.5. The molecule has 0 bridgehead atoms. The van der Waals surface area contributed by atoms with Crippen molar-refractivity contribution in [3.63, 3.8) is 0 Å². The Balaban J connectivity index is 1.80. The fourth-order valence-corrected chi connectivity index (χ4v) is 3.53. The Morgan fingerprint density at radius 3 is 2.52 bits per heavy atom. The predicted octanol–water partition coefficient (Wildman–Crippen LogP) is 3.67. The molecule has 7 nitrogen and oxygen atoms in total. The lowest BCUT2D eigenvalue weighted by Gasteiger charge is -2.12. The third-order valence-corrected chi connectivity index (χ3v) is 5.10. The minimum Gasteiger partial charge on any atom is -0.461 e. The number of esters is 1. The van der Waals surface area contributed by atoms with Gasteiger partial charge in [0.05, 0.1) is 18.0 Å². The number of rotatable bonds is 8. The number of anilines is 1.